The molecule has 0 amide bonds. The molecule has 3 nitrogen and oxygen atoms in total. The average molecular weight is 216 g/mol. The molecule has 2 N–H and O–H groups in total. The van der Waals surface area contributed by atoms with E-state index in [1.807, 2.05) is 30.3 Å². The summed E-state index contributed by atoms with van der Waals surface area (Å²) < 4.78 is 0. The second-order valence-electron chi connectivity index (χ2n) is 3.86. The summed E-state index contributed by atoms with van der Waals surface area (Å²) in [5.74, 6) is 0. The van der Waals surface area contributed by atoms with E-state index < -0.39 is 0 Å². The molecule has 0 radical (unpaired) electrons. The first-order valence-electron chi connectivity index (χ1n) is 5.64. The Morgan fingerprint density at radius 1 is 1.25 bits per heavy atom. The van der Waals surface area contributed by atoms with Gasteiger partial charge in [-0.25, -0.2) is 0 Å². The van der Waals surface area contributed by atoms with Crippen molar-refractivity contribution in [2.24, 2.45) is 0 Å². The molecule has 2 rings (SSSR count). The number of imidazole rings is 1. The molecule has 0 saturated heterocycles. The van der Waals surface area contributed by atoms with Crippen molar-refractivity contribution in [1.29, 1.82) is 0 Å². The molecule has 1 heterocycles. The highest BCUT2D eigenvalue weighted by atomic mass is 16.3. The number of hydrogen-bond acceptors (Lipinski definition) is 2. The van der Waals surface area contributed by atoms with Crippen LogP contribution in [0.15, 0.2) is 30.3 Å². The highest BCUT2D eigenvalue weighted by Crippen LogP contribution is 2.24. The van der Waals surface area contributed by atoms with Crippen LogP contribution < -0.4 is 0 Å². The number of aromatic nitrogens is 2. The molecule has 84 valence electrons. The number of aromatic hydroxyl groups is 1. The minimum Gasteiger partial charge on any atom is -0.480 e. The summed E-state index contributed by atoms with van der Waals surface area (Å²) in [7, 11) is 0. The zero-order chi connectivity index (χ0) is 11.4. The van der Waals surface area contributed by atoms with Crippen molar-refractivity contribution in [2.45, 2.75) is 26.2 Å². The maximum atomic E-state index is 9.43. The van der Waals surface area contributed by atoms with Crippen molar-refractivity contribution in [1.82, 2.24) is 9.97 Å². The fourth-order valence-electron chi connectivity index (χ4n) is 1.76. The lowest BCUT2D eigenvalue weighted by atomic mass is 10.1. The van der Waals surface area contributed by atoms with E-state index in [0.717, 1.165) is 36.2 Å². The quantitative estimate of drug-likeness (QED) is 0.824. The van der Waals surface area contributed by atoms with Gasteiger partial charge in [-0.1, -0.05) is 43.7 Å². The van der Waals surface area contributed by atoms with Gasteiger partial charge in [-0.05, 0) is 12.8 Å². The number of hydrogen-bond donors (Lipinski definition) is 2. The normalized spacial score (nSPS) is 10.6. The van der Waals surface area contributed by atoms with Gasteiger partial charge in [0.15, 0.2) is 0 Å². The highest BCUT2D eigenvalue weighted by molar-refractivity contribution is 5.62. The van der Waals surface area contributed by atoms with Crippen LogP contribution in [0.1, 0.15) is 25.5 Å². The van der Waals surface area contributed by atoms with Crippen molar-refractivity contribution >= 4 is 0 Å². The third-order valence-corrected chi connectivity index (χ3v) is 2.59. The van der Waals surface area contributed by atoms with E-state index in [1.54, 1.807) is 0 Å². The molecule has 0 aliphatic rings. The van der Waals surface area contributed by atoms with E-state index in [9.17, 15) is 5.11 Å². The SMILES string of the molecule is CCCCc1[nH]c(O)nc1-c1ccccc1. The van der Waals surface area contributed by atoms with Crippen LogP contribution in [0.2, 0.25) is 0 Å². The minimum atomic E-state index is 0.00459. The first-order chi connectivity index (χ1) is 7.81. The number of benzene rings is 1. The summed E-state index contributed by atoms with van der Waals surface area (Å²) in [6, 6.07) is 9.94. The van der Waals surface area contributed by atoms with Crippen LogP contribution in [0.4, 0.5) is 0 Å². The van der Waals surface area contributed by atoms with Crippen molar-refractivity contribution in [3.05, 3.63) is 36.0 Å². The molecule has 0 saturated carbocycles. The molecule has 0 aliphatic heterocycles. The Kier molecular flexibility index (Phi) is 3.25. The summed E-state index contributed by atoms with van der Waals surface area (Å²) in [6.45, 7) is 2.15. The summed E-state index contributed by atoms with van der Waals surface area (Å²) in [4.78, 5) is 7.06. The van der Waals surface area contributed by atoms with Crippen molar-refractivity contribution in [2.75, 3.05) is 0 Å². The Balaban J connectivity index is 2.33. The summed E-state index contributed by atoms with van der Waals surface area (Å²) in [5, 5.41) is 9.43. The van der Waals surface area contributed by atoms with E-state index in [4.69, 9.17) is 0 Å². The molecule has 0 aliphatic carbocycles. The lowest BCUT2D eigenvalue weighted by Crippen LogP contribution is -1.89. The molecule has 3 heteroatoms. The van der Waals surface area contributed by atoms with Crippen LogP contribution in [-0.2, 0) is 6.42 Å². The maximum absolute atomic E-state index is 9.43. The van der Waals surface area contributed by atoms with Gasteiger partial charge in [0.1, 0.15) is 0 Å². The number of aromatic amines is 1. The van der Waals surface area contributed by atoms with Gasteiger partial charge in [-0.2, -0.15) is 4.98 Å². The van der Waals surface area contributed by atoms with Crippen LogP contribution in [0.25, 0.3) is 11.3 Å². The standard InChI is InChI=1S/C13H16N2O/c1-2-3-9-11-12(15-13(16)14-11)10-7-5-4-6-8-10/h4-8H,2-3,9H2,1H3,(H2,14,15,16). The van der Waals surface area contributed by atoms with E-state index in [0.29, 0.717) is 0 Å². The maximum Gasteiger partial charge on any atom is 0.291 e. The molecular formula is C13H16N2O. The third kappa shape index (κ3) is 2.24. The number of nitrogens with zero attached hydrogens (tertiary/aromatic N) is 1. The second-order valence-corrected chi connectivity index (χ2v) is 3.86. The Labute approximate surface area is 95.2 Å². The predicted octanol–water partition coefficient (Wildman–Crippen LogP) is 3.12. The summed E-state index contributed by atoms with van der Waals surface area (Å²) in [5.41, 5.74) is 2.93. The van der Waals surface area contributed by atoms with E-state index in [1.165, 1.54) is 0 Å². The van der Waals surface area contributed by atoms with Crippen LogP contribution in [0, 0.1) is 0 Å². The van der Waals surface area contributed by atoms with Gasteiger partial charge in [0.25, 0.3) is 6.01 Å². The molecule has 0 bridgehead atoms. The Morgan fingerprint density at radius 3 is 2.69 bits per heavy atom. The predicted molar refractivity (Wildman–Crippen MR) is 64.3 cm³/mol. The van der Waals surface area contributed by atoms with Crippen molar-refractivity contribution < 1.29 is 5.11 Å². The van der Waals surface area contributed by atoms with Crippen LogP contribution >= 0.6 is 0 Å². The Morgan fingerprint density at radius 2 is 2.00 bits per heavy atom. The van der Waals surface area contributed by atoms with Crippen molar-refractivity contribution in [3.8, 4) is 17.3 Å². The fraction of sp³-hybridized carbons (Fsp3) is 0.308. The first kappa shape index (κ1) is 10.7. The topological polar surface area (TPSA) is 48.9 Å². The molecule has 16 heavy (non-hydrogen) atoms. The molecule has 2 aromatic rings. The Bertz CT molecular complexity index is 448. The number of H-pyrrole nitrogens is 1. The molecule has 1 aromatic heterocycles. The van der Waals surface area contributed by atoms with Gasteiger partial charge >= 0.3 is 0 Å². The monoisotopic (exact) mass is 216 g/mol. The van der Waals surface area contributed by atoms with Crippen LogP contribution in [0.5, 0.6) is 6.01 Å². The number of rotatable bonds is 4. The van der Waals surface area contributed by atoms with Gasteiger partial charge in [0.2, 0.25) is 0 Å². The van der Waals surface area contributed by atoms with Gasteiger partial charge in [0.05, 0.1) is 5.69 Å². The lowest BCUT2D eigenvalue weighted by Gasteiger charge is -2.01. The molecular weight excluding hydrogens is 200 g/mol. The summed E-state index contributed by atoms with van der Waals surface area (Å²) >= 11 is 0. The Hall–Kier alpha value is -1.77. The minimum absolute atomic E-state index is 0.00459. The fourth-order valence-corrected chi connectivity index (χ4v) is 1.76. The zero-order valence-electron chi connectivity index (χ0n) is 9.40. The smallest absolute Gasteiger partial charge is 0.291 e. The van der Waals surface area contributed by atoms with Crippen LogP contribution in [0.3, 0.4) is 0 Å². The molecule has 0 unspecified atom stereocenters. The number of aryl methyl sites for hydroxylation is 1. The highest BCUT2D eigenvalue weighted by Gasteiger charge is 2.10. The first-order valence-corrected chi connectivity index (χ1v) is 5.64. The number of nitrogens with one attached hydrogen (secondary N) is 1. The summed E-state index contributed by atoms with van der Waals surface area (Å²) in [6.07, 6.45) is 3.16. The van der Waals surface area contributed by atoms with E-state index in [2.05, 4.69) is 16.9 Å². The van der Waals surface area contributed by atoms with E-state index in [-0.39, 0.29) is 6.01 Å². The zero-order valence-corrected chi connectivity index (χ0v) is 9.40. The molecule has 0 atom stereocenters. The van der Waals surface area contributed by atoms with Crippen molar-refractivity contribution in [3.63, 3.8) is 0 Å². The van der Waals surface area contributed by atoms with Gasteiger partial charge in [-0.15, -0.1) is 0 Å². The largest absolute Gasteiger partial charge is 0.480 e. The van der Waals surface area contributed by atoms with Crippen LogP contribution in [-0.4, -0.2) is 15.1 Å². The average Bonchev–Trinajstić information content (AvgIpc) is 2.69. The molecule has 1 aromatic carbocycles. The van der Waals surface area contributed by atoms with E-state index >= 15 is 0 Å². The molecule has 0 fully saturated rings. The lowest BCUT2D eigenvalue weighted by molar-refractivity contribution is 0.435. The second kappa shape index (κ2) is 4.84. The van der Waals surface area contributed by atoms with Gasteiger partial charge < -0.3 is 10.1 Å². The molecule has 0 spiro atoms. The number of unbranched alkanes of at least 4 members (excludes halogenated alkanes) is 1. The van der Waals surface area contributed by atoms with Gasteiger partial charge in [0, 0.05) is 11.3 Å². The third-order valence-electron chi connectivity index (χ3n) is 2.59. The van der Waals surface area contributed by atoms with Gasteiger partial charge in [-0.3, -0.25) is 0 Å².